The zero-order chi connectivity index (χ0) is 16.0. The lowest BCUT2D eigenvalue weighted by atomic mass is 9.96. The average molecular weight is 308 g/mol. The van der Waals surface area contributed by atoms with Gasteiger partial charge in [0.1, 0.15) is 0 Å². The Kier molecular flexibility index (Phi) is 3.27. The maximum absolute atomic E-state index is 4.57. The number of benzene rings is 1. The smallest absolute Gasteiger partial charge is 0.229 e. The second-order valence-electron chi connectivity index (χ2n) is 6.29. The van der Waals surface area contributed by atoms with Crippen LogP contribution in [0.15, 0.2) is 24.5 Å². The molecule has 0 fully saturated rings. The van der Waals surface area contributed by atoms with E-state index in [1.807, 2.05) is 7.05 Å². The second-order valence-corrected chi connectivity index (χ2v) is 6.29. The number of rotatable bonds is 2. The number of nitrogens with zero attached hydrogens (tertiary/aromatic N) is 5. The van der Waals surface area contributed by atoms with E-state index >= 15 is 0 Å². The number of likely N-dealkylation sites (N-methyl/N-ethyl adjacent to an activating group) is 1. The molecule has 0 saturated heterocycles. The lowest BCUT2D eigenvalue weighted by Crippen LogP contribution is -2.26. The first kappa shape index (κ1) is 14.1. The largest absolute Gasteiger partial charge is 0.324 e. The van der Waals surface area contributed by atoms with Gasteiger partial charge in [0.2, 0.25) is 5.95 Å². The monoisotopic (exact) mass is 308 g/mol. The average Bonchev–Trinajstić information content (AvgIpc) is 2.90. The molecule has 0 atom stereocenters. The van der Waals surface area contributed by atoms with Crippen LogP contribution in [0.2, 0.25) is 0 Å². The van der Waals surface area contributed by atoms with Crippen LogP contribution in [0.4, 0.5) is 11.6 Å². The number of aryl methyl sites for hydroxylation is 2. The van der Waals surface area contributed by atoms with Gasteiger partial charge >= 0.3 is 0 Å². The fourth-order valence-corrected chi connectivity index (χ4v) is 3.12. The Labute approximate surface area is 135 Å². The van der Waals surface area contributed by atoms with Crippen LogP contribution in [0.1, 0.15) is 16.7 Å². The van der Waals surface area contributed by atoms with Gasteiger partial charge in [-0.3, -0.25) is 4.68 Å². The topological polar surface area (TPSA) is 58.9 Å². The van der Waals surface area contributed by atoms with Crippen molar-refractivity contribution >= 4 is 22.7 Å². The number of fused-ring (bicyclic) bond motifs is 2. The van der Waals surface area contributed by atoms with Gasteiger partial charge in [0.15, 0.2) is 5.65 Å². The minimum absolute atomic E-state index is 0.605. The highest BCUT2D eigenvalue weighted by Gasteiger charge is 2.15. The SMILES string of the molecule is Cc1cc2c(cc1Nc1ncc3cnn(C)c3n1)CN(C)CC2. The molecular formula is C17H20N6. The fourth-order valence-electron chi connectivity index (χ4n) is 3.12. The molecule has 23 heavy (non-hydrogen) atoms. The lowest BCUT2D eigenvalue weighted by molar-refractivity contribution is 0.313. The van der Waals surface area contributed by atoms with Gasteiger partial charge in [-0.15, -0.1) is 0 Å². The molecule has 0 unspecified atom stereocenters. The third-order valence-electron chi connectivity index (χ3n) is 4.47. The molecule has 1 N–H and O–H groups in total. The minimum atomic E-state index is 0.605. The Morgan fingerprint density at radius 1 is 1.13 bits per heavy atom. The van der Waals surface area contributed by atoms with Gasteiger partial charge < -0.3 is 10.2 Å². The van der Waals surface area contributed by atoms with E-state index in [1.165, 1.54) is 16.7 Å². The molecule has 4 rings (SSSR count). The Morgan fingerprint density at radius 3 is 2.87 bits per heavy atom. The van der Waals surface area contributed by atoms with Crippen LogP contribution in [0.25, 0.3) is 11.0 Å². The molecule has 2 aromatic heterocycles. The highest BCUT2D eigenvalue weighted by Crippen LogP contribution is 2.27. The molecule has 0 spiro atoms. The highest BCUT2D eigenvalue weighted by atomic mass is 15.3. The minimum Gasteiger partial charge on any atom is -0.324 e. The molecule has 118 valence electrons. The van der Waals surface area contributed by atoms with Crippen LogP contribution in [-0.2, 0) is 20.0 Å². The third-order valence-corrected chi connectivity index (χ3v) is 4.47. The first-order valence-corrected chi connectivity index (χ1v) is 7.83. The Hall–Kier alpha value is -2.47. The van der Waals surface area contributed by atoms with E-state index in [0.717, 1.165) is 36.2 Å². The summed E-state index contributed by atoms with van der Waals surface area (Å²) in [6.45, 7) is 4.24. The summed E-state index contributed by atoms with van der Waals surface area (Å²) < 4.78 is 1.76. The molecule has 3 aromatic rings. The molecule has 6 heteroatoms. The molecule has 0 bridgehead atoms. The molecule has 0 amide bonds. The van der Waals surface area contributed by atoms with Crippen molar-refractivity contribution in [3.8, 4) is 0 Å². The summed E-state index contributed by atoms with van der Waals surface area (Å²) >= 11 is 0. The van der Waals surface area contributed by atoms with E-state index in [0.29, 0.717) is 5.95 Å². The van der Waals surface area contributed by atoms with Crippen molar-refractivity contribution < 1.29 is 0 Å². The molecule has 0 radical (unpaired) electrons. The van der Waals surface area contributed by atoms with E-state index in [-0.39, 0.29) is 0 Å². The van der Waals surface area contributed by atoms with E-state index < -0.39 is 0 Å². The lowest BCUT2D eigenvalue weighted by Gasteiger charge is -2.26. The van der Waals surface area contributed by atoms with Gasteiger partial charge in [0.05, 0.1) is 11.6 Å². The predicted molar refractivity (Wildman–Crippen MR) is 90.8 cm³/mol. The summed E-state index contributed by atoms with van der Waals surface area (Å²) in [4.78, 5) is 11.3. The molecule has 3 heterocycles. The number of anilines is 2. The molecule has 1 aliphatic rings. The standard InChI is InChI=1S/C17H20N6/c1-11-6-12-4-5-22(2)10-13(12)7-15(11)20-17-18-8-14-9-19-23(3)16(14)21-17/h6-9H,4-5,10H2,1-3H3,(H,18,20,21). The quantitative estimate of drug-likeness (QED) is 0.788. The molecule has 0 aliphatic carbocycles. The van der Waals surface area contributed by atoms with Crippen molar-refractivity contribution in [3.63, 3.8) is 0 Å². The van der Waals surface area contributed by atoms with E-state index in [4.69, 9.17) is 0 Å². The third kappa shape index (κ3) is 2.55. The van der Waals surface area contributed by atoms with Crippen molar-refractivity contribution in [3.05, 3.63) is 41.2 Å². The van der Waals surface area contributed by atoms with Crippen LogP contribution in [0, 0.1) is 6.92 Å². The van der Waals surface area contributed by atoms with Gasteiger partial charge in [-0.1, -0.05) is 6.07 Å². The van der Waals surface area contributed by atoms with E-state index in [9.17, 15) is 0 Å². The van der Waals surface area contributed by atoms with Crippen molar-refractivity contribution in [1.29, 1.82) is 0 Å². The maximum atomic E-state index is 4.57. The number of aromatic nitrogens is 4. The Morgan fingerprint density at radius 2 is 2.00 bits per heavy atom. The summed E-state index contributed by atoms with van der Waals surface area (Å²) in [6.07, 6.45) is 4.70. The molecule has 1 aliphatic heterocycles. The number of hydrogen-bond donors (Lipinski definition) is 1. The van der Waals surface area contributed by atoms with Crippen molar-refractivity contribution in [2.45, 2.75) is 19.9 Å². The highest BCUT2D eigenvalue weighted by molar-refractivity contribution is 5.75. The predicted octanol–water partition coefficient (Wildman–Crippen LogP) is 2.40. The molecular weight excluding hydrogens is 288 g/mol. The first-order chi connectivity index (χ1) is 11.1. The van der Waals surface area contributed by atoms with E-state index in [2.05, 4.69) is 51.4 Å². The summed E-state index contributed by atoms with van der Waals surface area (Å²) in [5.41, 5.74) is 5.96. The van der Waals surface area contributed by atoms with Gasteiger partial charge in [-0.25, -0.2) is 4.98 Å². The van der Waals surface area contributed by atoms with Gasteiger partial charge in [0.25, 0.3) is 0 Å². The number of hydrogen-bond acceptors (Lipinski definition) is 5. The Balaban J connectivity index is 1.69. The zero-order valence-corrected chi connectivity index (χ0v) is 13.7. The summed E-state index contributed by atoms with van der Waals surface area (Å²) in [5, 5.41) is 8.52. The van der Waals surface area contributed by atoms with Crippen LogP contribution in [0.5, 0.6) is 0 Å². The molecule has 1 aromatic carbocycles. The van der Waals surface area contributed by atoms with Crippen molar-refractivity contribution in [2.75, 3.05) is 18.9 Å². The van der Waals surface area contributed by atoms with Crippen LogP contribution < -0.4 is 5.32 Å². The summed E-state index contributed by atoms with van der Waals surface area (Å²) in [7, 11) is 4.05. The normalized spacial score (nSPS) is 14.9. The second kappa shape index (κ2) is 5.31. The van der Waals surface area contributed by atoms with Crippen molar-refractivity contribution in [2.24, 2.45) is 7.05 Å². The zero-order valence-electron chi connectivity index (χ0n) is 13.7. The van der Waals surface area contributed by atoms with Gasteiger partial charge in [0, 0.05) is 32.0 Å². The molecule has 6 nitrogen and oxygen atoms in total. The summed E-state index contributed by atoms with van der Waals surface area (Å²) in [5.74, 6) is 0.605. The fraction of sp³-hybridized carbons (Fsp3) is 0.353. The van der Waals surface area contributed by atoms with Gasteiger partial charge in [-0.2, -0.15) is 10.1 Å². The molecule has 0 saturated carbocycles. The summed E-state index contributed by atoms with van der Waals surface area (Å²) in [6, 6.07) is 4.52. The first-order valence-electron chi connectivity index (χ1n) is 7.83. The van der Waals surface area contributed by atoms with Crippen molar-refractivity contribution in [1.82, 2.24) is 24.6 Å². The maximum Gasteiger partial charge on any atom is 0.229 e. The van der Waals surface area contributed by atoms with Crippen LogP contribution in [0.3, 0.4) is 0 Å². The van der Waals surface area contributed by atoms with Crippen LogP contribution >= 0.6 is 0 Å². The Bertz CT molecular complexity index is 882. The van der Waals surface area contributed by atoms with E-state index in [1.54, 1.807) is 17.1 Å². The van der Waals surface area contributed by atoms with Crippen LogP contribution in [-0.4, -0.2) is 38.2 Å². The van der Waals surface area contributed by atoms with Gasteiger partial charge in [-0.05, 0) is 43.1 Å². The number of nitrogens with one attached hydrogen (secondary N) is 1.